The van der Waals surface area contributed by atoms with Crippen LogP contribution in [0.25, 0.3) is 0 Å². The molecule has 1 aliphatic heterocycles. The fraction of sp³-hybridized carbons (Fsp3) is 0.867. The average molecular weight is 283 g/mol. The lowest BCUT2D eigenvalue weighted by molar-refractivity contribution is -0.122. The van der Waals surface area contributed by atoms with Crippen LogP contribution in [0, 0.1) is 5.92 Å². The summed E-state index contributed by atoms with van der Waals surface area (Å²) in [6, 6.07) is 0.490. The molecule has 116 valence electrons. The summed E-state index contributed by atoms with van der Waals surface area (Å²) in [5.41, 5.74) is 0. The second kappa shape index (κ2) is 9.75. The fourth-order valence-corrected chi connectivity index (χ4v) is 2.29. The first-order valence-electron chi connectivity index (χ1n) is 7.84. The summed E-state index contributed by atoms with van der Waals surface area (Å²) in [6.07, 6.45) is 5.48. The fourth-order valence-electron chi connectivity index (χ4n) is 2.29. The normalized spacial score (nSPS) is 18.9. The van der Waals surface area contributed by atoms with Crippen molar-refractivity contribution >= 4 is 11.8 Å². The van der Waals surface area contributed by atoms with E-state index < -0.39 is 0 Å². The molecule has 0 bridgehead atoms. The summed E-state index contributed by atoms with van der Waals surface area (Å²) in [5.74, 6) is 0.513. The molecule has 0 spiro atoms. The first-order chi connectivity index (χ1) is 9.58. The molecule has 1 aliphatic rings. The standard InChI is InChI=1S/C15H29N3O2/c1-12(2)11-18-15(20)8-10-17-14(19)7-6-13-5-3-4-9-16-13/h12-13,16H,3-11H2,1-2H3,(H,17,19)(H,18,20). The van der Waals surface area contributed by atoms with Gasteiger partial charge in [-0.05, 0) is 31.7 Å². The van der Waals surface area contributed by atoms with Gasteiger partial charge >= 0.3 is 0 Å². The maximum atomic E-state index is 11.7. The summed E-state index contributed by atoms with van der Waals surface area (Å²) in [5, 5.41) is 9.08. The van der Waals surface area contributed by atoms with Crippen molar-refractivity contribution in [3.05, 3.63) is 0 Å². The largest absolute Gasteiger partial charge is 0.356 e. The van der Waals surface area contributed by atoms with Crippen LogP contribution in [0.4, 0.5) is 0 Å². The lowest BCUT2D eigenvalue weighted by Gasteiger charge is -2.23. The lowest BCUT2D eigenvalue weighted by Crippen LogP contribution is -2.36. The minimum Gasteiger partial charge on any atom is -0.356 e. The van der Waals surface area contributed by atoms with Crippen LogP contribution in [-0.2, 0) is 9.59 Å². The van der Waals surface area contributed by atoms with Crippen LogP contribution in [0.2, 0.25) is 0 Å². The van der Waals surface area contributed by atoms with Gasteiger partial charge in [-0.15, -0.1) is 0 Å². The molecule has 1 rings (SSSR count). The Kier molecular flexibility index (Phi) is 8.26. The number of nitrogens with one attached hydrogen (secondary N) is 3. The minimum absolute atomic E-state index is 0.00736. The Morgan fingerprint density at radius 3 is 2.55 bits per heavy atom. The molecule has 5 heteroatoms. The third-order valence-corrected chi connectivity index (χ3v) is 3.51. The van der Waals surface area contributed by atoms with Crippen molar-refractivity contribution in [2.75, 3.05) is 19.6 Å². The number of piperidine rings is 1. The first kappa shape index (κ1) is 17.0. The molecular weight excluding hydrogens is 254 g/mol. The van der Waals surface area contributed by atoms with Crippen LogP contribution in [0.1, 0.15) is 52.4 Å². The maximum absolute atomic E-state index is 11.7. The van der Waals surface area contributed by atoms with Gasteiger partial charge in [0.1, 0.15) is 0 Å². The van der Waals surface area contributed by atoms with E-state index in [4.69, 9.17) is 0 Å². The molecule has 1 atom stereocenters. The summed E-state index contributed by atoms with van der Waals surface area (Å²) < 4.78 is 0. The Morgan fingerprint density at radius 1 is 1.15 bits per heavy atom. The Bertz CT molecular complexity index is 299. The van der Waals surface area contributed by atoms with Crippen LogP contribution >= 0.6 is 0 Å². The van der Waals surface area contributed by atoms with Crippen LogP contribution in [-0.4, -0.2) is 37.5 Å². The zero-order valence-corrected chi connectivity index (χ0v) is 12.8. The number of carbonyl (C=O) groups is 2. The lowest BCUT2D eigenvalue weighted by atomic mass is 10.0. The van der Waals surface area contributed by atoms with Crippen molar-refractivity contribution in [2.24, 2.45) is 5.92 Å². The van der Waals surface area contributed by atoms with Crippen molar-refractivity contribution in [3.63, 3.8) is 0 Å². The Labute approximate surface area is 122 Å². The quantitative estimate of drug-likeness (QED) is 0.626. The van der Waals surface area contributed by atoms with Gasteiger partial charge in [0.15, 0.2) is 0 Å². The summed E-state index contributed by atoms with van der Waals surface area (Å²) in [6.45, 7) is 6.31. The Balaban J connectivity index is 2.00. The molecule has 0 aliphatic carbocycles. The van der Waals surface area contributed by atoms with E-state index in [-0.39, 0.29) is 11.8 Å². The van der Waals surface area contributed by atoms with Gasteiger partial charge in [0, 0.05) is 32.0 Å². The Hall–Kier alpha value is -1.10. The summed E-state index contributed by atoms with van der Waals surface area (Å²) in [4.78, 5) is 23.1. The summed E-state index contributed by atoms with van der Waals surface area (Å²) in [7, 11) is 0. The molecule has 0 aromatic heterocycles. The van der Waals surface area contributed by atoms with Gasteiger partial charge < -0.3 is 16.0 Å². The highest BCUT2D eigenvalue weighted by Crippen LogP contribution is 2.11. The highest BCUT2D eigenvalue weighted by molar-refractivity contribution is 5.78. The maximum Gasteiger partial charge on any atom is 0.221 e. The van der Waals surface area contributed by atoms with Gasteiger partial charge in [0.25, 0.3) is 0 Å². The highest BCUT2D eigenvalue weighted by Gasteiger charge is 2.13. The van der Waals surface area contributed by atoms with Crippen molar-refractivity contribution < 1.29 is 9.59 Å². The SMILES string of the molecule is CC(C)CNC(=O)CCNC(=O)CCC1CCCCN1. The average Bonchev–Trinajstić information content (AvgIpc) is 2.44. The van der Waals surface area contributed by atoms with Crippen LogP contribution < -0.4 is 16.0 Å². The molecule has 3 N–H and O–H groups in total. The van der Waals surface area contributed by atoms with E-state index in [0.717, 1.165) is 13.0 Å². The molecule has 1 fully saturated rings. The van der Waals surface area contributed by atoms with Crippen LogP contribution in [0.5, 0.6) is 0 Å². The molecule has 1 heterocycles. The van der Waals surface area contributed by atoms with E-state index in [2.05, 4.69) is 29.8 Å². The first-order valence-corrected chi connectivity index (χ1v) is 7.84. The van der Waals surface area contributed by atoms with E-state index in [0.29, 0.717) is 37.9 Å². The molecule has 0 aromatic rings. The number of rotatable bonds is 8. The monoisotopic (exact) mass is 283 g/mol. The van der Waals surface area contributed by atoms with E-state index >= 15 is 0 Å². The number of carbonyl (C=O) groups excluding carboxylic acids is 2. The Morgan fingerprint density at radius 2 is 1.90 bits per heavy atom. The van der Waals surface area contributed by atoms with Gasteiger partial charge in [0.2, 0.25) is 11.8 Å². The van der Waals surface area contributed by atoms with E-state index in [1.807, 2.05) is 0 Å². The van der Waals surface area contributed by atoms with Gasteiger partial charge in [-0.3, -0.25) is 9.59 Å². The molecule has 5 nitrogen and oxygen atoms in total. The zero-order valence-electron chi connectivity index (χ0n) is 12.8. The van der Waals surface area contributed by atoms with Gasteiger partial charge in [-0.25, -0.2) is 0 Å². The van der Waals surface area contributed by atoms with Gasteiger partial charge in [-0.1, -0.05) is 20.3 Å². The molecule has 1 unspecified atom stereocenters. The smallest absolute Gasteiger partial charge is 0.221 e. The molecule has 1 saturated heterocycles. The minimum atomic E-state index is 0.00736. The predicted octanol–water partition coefficient (Wildman–Crippen LogP) is 1.19. The molecular formula is C15H29N3O2. The second-order valence-corrected chi connectivity index (χ2v) is 5.98. The van der Waals surface area contributed by atoms with Crippen molar-refractivity contribution in [1.29, 1.82) is 0 Å². The van der Waals surface area contributed by atoms with Crippen molar-refractivity contribution in [3.8, 4) is 0 Å². The van der Waals surface area contributed by atoms with E-state index in [1.54, 1.807) is 0 Å². The zero-order chi connectivity index (χ0) is 14.8. The third-order valence-electron chi connectivity index (χ3n) is 3.51. The predicted molar refractivity (Wildman–Crippen MR) is 80.4 cm³/mol. The van der Waals surface area contributed by atoms with Gasteiger partial charge in [0.05, 0.1) is 0 Å². The molecule has 20 heavy (non-hydrogen) atoms. The van der Waals surface area contributed by atoms with E-state index in [9.17, 15) is 9.59 Å². The number of hydrogen-bond acceptors (Lipinski definition) is 3. The van der Waals surface area contributed by atoms with Crippen LogP contribution in [0.15, 0.2) is 0 Å². The van der Waals surface area contributed by atoms with E-state index in [1.165, 1.54) is 19.3 Å². The van der Waals surface area contributed by atoms with Crippen LogP contribution in [0.3, 0.4) is 0 Å². The highest BCUT2D eigenvalue weighted by atomic mass is 16.2. The van der Waals surface area contributed by atoms with Crippen molar-refractivity contribution in [2.45, 2.75) is 58.4 Å². The van der Waals surface area contributed by atoms with Crippen molar-refractivity contribution in [1.82, 2.24) is 16.0 Å². The summed E-state index contributed by atoms with van der Waals surface area (Å²) >= 11 is 0. The molecule has 2 amide bonds. The molecule has 0 radical (unpaired) electrons. The number of amides is 2. The third kappa shape index (κ3) is 8.15. The molecule has 0 aromatic carbocycles. The molecule has 0 saturated carbocycles. The number of hydrogen-bond donors (Lipinski definition) is 3. The topological polar surface area (TPSA) is 70.2 Å². The second-order valence-electron chi connectivity index (χ2n) is 5.98. The van der Waals surface area contributed by atoms with Gasteiger partial charge in [-0.2, -0.15) is 0 Å².